The van der Waals surface area contributed by atoms with Gasteiger partial charge in [0.1, 0.15) is 5.82 Å². The van der Waals surface area contributed by atoms with E-state index in [1.165, 1.54) is 32.0 Å². The molecule has 3 fully saturated rings. The summed E-state index contributed by atoms with van der Waals surface area (Å²) in [6, 6.07) is 6.14. The van der Waals surface area contributed by atoms with E-state index in [1.54, 1.807) is 0 Å². The van der Waals surface area contributed by atoms with Crippen molar-refractivity contribution in [1.29, 1.82) is 0 Å². The van der Waals surface area contributed by atoms with Crippen LogP contribution in [0.3, 0.4) is 0 Å². The number of hydrogen-bond donors (Lipinski definition) is 1. The molecule has 0 aliphatic carbocycles. The van der Waals surface area contributed by atoms with E-state index in [2.05, 4.69) is 33.1 Å². The molecular formula is C15H20BrFN2. The van der Waals surface area contributed by atoms with Crippen LogP contribution in [-0.4, -0.2) is 30.6 Å². The summed E-state index contributed by atoms with van der Waals surface area (Å²) in [4.78, 5) is 2.55. The summed E-state index contributed by atoms with van der Waals surface area (Å²) >= 11 is 3.26. The highest BCUT2D eigenvalue weighted by atomic mass is 79.9. The van der Waals surface area contributed by atoms with Gasteiger partial charge in [-0.25, -0.2) is 4.39 Å². The molecule has 2 bridgehead atoms. The molecular weight excluding hydrogens is 307 g/mol. The maximum Gasteiger partial charge on any atom is 0.137 e. The highest BCUT2D eigenvalue weighted by Gasteiger charge is 2.34. The maximum atomic E-state index is 13.3. The molecule has 3 heterocycles. The molecule has 3 saturated heterocycles. The van der Waals surface area contributed by atoms with Gasteiger partial charge in [-0.1, -0.05) is 6.07 Å². The molecule has 0 aromatic heterocycles. The van der Waals surface area contributed by atoms with E-state index in [1.807, 2.05) is 12.1 Å². The Bertz CT molecular complexity index is 457. The number of fused-ring (bicyclic) bond motifs is 3. The van der Waals surface area contributed by atoms with Crippen LogP contribution in [0.25, 0.3) is 0 Å². The molecule has 1 aromatic carbocycles. The van der Waals surface area contributed by atoms with Crippen LogP contribution in [0.5, 0.6) is 0 Å². The zero-order valence-corrected chi connectivity index (χ0v) is 12.8. The number of piperidine rings is 3. The van der Waals surface area contributed by atoms with Crippen molar-refractivity contribution in [3.05, 3.63) is 34.1 Å². The van der Waals surface area contributed by atoms with Gasteiger partial charge in [0.15, 0.2) is 0 Å². The van der Waals surface area contributed by atoms with Gasteiger partial charge < -0.3 is 10.2 Å². The molecule has 4 heteroatoms. The van der Waals surface area contributed by atoms with Gasteiger partial charge in [0.25, 0.3) is 0 Å². The molecule has 1 aromatic rings. The summed E-state index contributed by atoms with van der Waals surface area (Å²) in [5.74, 6) is 0.620. The first-order chi connectivity index (χ1) is 9.13. The summed E-state index contributed by atoms with van der Waals surface area (Å²) in [6.07, 6.45) is 2.63. The second-order valence-corrected chi connectivity index (χ2v) is 6.66. The molecule has 3 aliphatic rings. The number of hydrogen-bond acceptors (Lipinski definition) is 2. The van der Waals surface area contributed by atoms with Crippen LogP contribution in [0.2, 0.25) is 0 Å². The minimum atomic E-state index is -0.196. The van der Waals surface area contributed by atoms with Crippen molar-refractivity contribution in [1.82, 2.24) is 10.2 Å². The number of benzene rings is 1. The summed E-state index contributed by atoms with van der Waals surface area (Å²) in [5, 5.41) is 3.73. The predicted octanol–water partition coefficient (Wildman–Crippen LogP) is 3.33. The van der Waals surface area contributed by atoms with Crippen molar-refractivity contribution >= 4 is 15.9 Å². The SMILES string of the molecule is CC(NC1CN2CCC1CC2)c1ccc(F)c(Br)c1. The van der Waals surface area contributed by atoms with Crippen LogP contribution < -0.4 is 5.32 Å². The van der Waals surface area contributed by atoms with Gasteiger partial charge in [-0.3, -0.25) is 0 Å². The van der Waals surface area contributed by atoms with Crippen LogP contribution >= 0.6 is 15.9 Å². The van der Waals surface area contributed by atoms with Gasteiger partial charge in [0.2, 0.25) is 0 Å². The van der Waals surface area contributed by atoms with Crippen molar-refractivity contribution in [2.24, 2.45) is 5.92 Å². The van der Waals surface area contributed by atoms with Crippen LogP contribution in [0.15, 0.2) is 22.7 Å². The Kier molecular flexibility index (Phi) is 3.92. The molecule has 2 atom stereocenters. The Balaban J connectivity index is 1.67. The molecule has 3 aliphatic heterocycles. The topological polar surface area (TPSA) is 15.3 Å². The van der Waals surface area contributed by atoms with E-state index in [0.717, 1.165) is 18.0 Å². The second-order valence-electron chi connectivity index (χ2n) is 5.81. The Labute approximate surface area is 122 Å². The predicted molar refractivity (Wildman–Crippen MR) is 78.6 cm³/mol. The largest absolute Gasteiger partial charge is 0.306 e. The first kappa shape index (κ1) is 13.5. The first-order valence-electron chi connectivity index (χ1n) is 7.07. The highest BCUT2D eigenvalue weighted by Crippen LogP contribution is 2.29. The summed E-state index contributed by atoms with van der Waals surface area (Å²) in [7, 11) is 0. The van der Waals surface area contributed by atoms with E-state index in [9.17, 15) is 4.39 Å². The van der Waals surface area contributed by atoms with E-state index < -0.39 is 0 Å². The smallest absolute Gasteiger partial charge is 0.137 e. The maximum absolute atomic E-state index is 13.3. The molecule has 2 unspecified atom stereocenters. The Morgan fingerprint density at radius 1 is 1.37 bits per heavy atom. The van der Waals surface area contributed by atoms with Gasteiger partial charge in [-0.05, 0) is 72.4 Å². The third-order valence-electron chi connectivity index (χ3n) is 4.56. The third-order valence-corrected chi connectivity index (χ3v) is 5.17. The first-order valence-corrected chi connectivity index (χ1v) is 7.86. The Morgan fingerprint density at radius 3 is 2.68 bits per heavy atom. The van der Waals surface area contributed by atoms with E-state index >= 15 is 0 Å². The lowest BCUT2D eigenvalue weighted by molar-refractivity contribution is 0.0680. The van der Waals surface area contributed by atoms with Crippen molar-refractivity contribution < 1.29 is 4.39 Å². The zero-order valence-electron chi connectivity index (χ0n) is 11.2. The molecule has 19 heavy (non-hydrogen) atoms. The van der Waals surface area contributed by atoms with E-state index in [0.29, 0.717) is 10.5 Å². The standard InChI is InChI=1S/C15H20BrFN2/c1-10(12-2-3-14(17)13(16)8-12)18-15-9-19-6-4-11(15)5-7-19/h2-3,8,10-11,15,18H,4-7,9H2,1H3. The van der Waals surface area contributed by atoms with Crippen LogP contribution in [0, 0.1) is 11.7 Å². The summed E-state index contributed by atoms with van der Waals surface area (Å²) in [6.45, 7) is 5.85. The summed E-state index contributed by atoms with van der Waals surface area (Å²) < 4.78 is 13.8. The molecule has 0 spiro atoms. The quantitative estimate of drug-likeness (QED) is 0.916. The molecule has 0 amide bonds. The molecule has 0 saturated carbocycles. The fourth-order valence-electron chi connectivity index (χ4n) is 3.35. The van der Waals surface area contributed by atoms with Gasteiger partial charge >= 0.3 is 0 Å². The molecule has 2 nitrogen and oxygen atoms in total. The molecule has 1 N–H and O–H groups in total. The average molecular weight is 327 g/mol. The lowest BCUT2D eigenvalue weighted by Crippen LogP contribution is -2.56. The Hall–Kier alpha value is -0.450. The monoisotopic (exact) mass is 326 g/mol. The molecule has 0 radical (unpaired) electrons. The average Bonchev–Trinajstić information content (AvgIpc) is 2.43. The van der Waals surface area contributed by atoms with Crippen LogP contribution in [0.1, 0.15) is 31.4 Å². The van der Waals surface area contributed by atoms with Crippen molar-refractivity contribution in [2.45, 2.75) is 31.8 Å². The second kappa shape index (κ2) is 5.51. The number of rotatable bonds is 3. The van der Waals surface area contributed by atoms with Crippen LogP contribution in [0.4, 0.5) is 4.39 Å². The van der Waals surface area contributed by atoms with E-state index in [-0.39, 0.29) is 11.9 Å². The van der Waals surface area contributed by atoms with Gasteiger partial charge in [0.05, 0.1) is 4.47 Å². The van der Waals surface area contributed by atoms with Gasteiger partial charge in [-0.15, -0.1) is 0 Å². The molecule has 4 rings (SSSR count). The number of halogens is 2. The fourth-order valence-corrected chi connectivity index (χ4v) is 3.75. The summed E-state index contributed by atoms with van der Waals surface area (Å²) in [5.41, 5.74) is 1.14. The third kappa shape index (κ3) is 2.86. The van der Waals surface area contributed by atoms with Gasteiger partial charge in [-0.2, -0.15) is 0 Å². The van der Waals surface area contributed by atoms with Crippen LogP contribution in [-0.2, 0) is 0 Å². The number of nitrogens with zero attached hydrogens (tertiary/aromatic N) is 1. The minimum absolute atomic E-state index is 0.196. The normalized spacial score (nSPS) is 31.4. The minimum Gasteiger partial charge on any atom is -0.306 e. The van der Waals surface area contributed by atoms with Crippen molar-refractivity contribution in [3.63, 3.8) is 0 Å². The highest BCUT2D eigenvalue weighted by molar-refractivity contribution is 9.10. The van der Waals surface area contributed by atoms with E-state index in [4.69, 9.17) is 0 Å². The lowest BCUT2D eigenvalue weighted by atomic mass is 9.83. The van der Waals surface area contributed by atoms with Crippen molar-refractivity contribution in [2.75, 3.05) is 19.6 Å². The van der Waals surface area contributed by atoms with Gasteiger partial charge in [0, 0.05) is 18.6 Å². The Morgan fingerprint density at radius 2 is 2.11 bits per heavy atom. The molecule has 104 valence electrons. The number of nitrogens with one attached hydrogen (secondary N) is 1. The fraction of sp³-hybridized carbons (Fsp3) is 0.600. The van der Waals surface area contributed by atoms with Crippen molar-refractivity contribution in [3.8, 4) is 0 Å². The zero-order chi connectivity index (χ0) is 13.4. The lowest BCUT2D eigenvalue weighted by Gasteiger charge is -2.46.